The first kappa shape index (κ1) is 18.3. The van der Waals surface area contributed by atoms with E-state index in [1.54, 1.807) is 0 Å². The Balaban J connectivity index is 1.65. The highest BCUT2D eigenvalue weighted by molar-refractivity contribution is 7.10. The Morgan fingerprint density at radius 3 is 2.62 bits per heavy atom. The molecule has 1 fully saturated rings. The number of aromatic nitrogens is 2. The van der Waals surface area contributed by atoms with Crippen LogP contribution in [0.15, 0.2) is 30.3 Å². The molecule has 1 saturated carbocycles. The van der Waals surface area contributed by atoms with Crippen molar-refractivity contribution in [1.82, 2.24) is 14.7 Å². The van der Waals surface area contributed by atoms with Crippen LogP contribution >= 0.6 is 11.5 Å². The lowest BCUT2D eigenvalue weighted by molar-refractivity contribution is -0.142. The third-order valence-electron chi connectivity index (χ3n) is 4.58. The van der Waals surface area contributed by atoms with E-state index < -0.39 is 5.54 Å². The molecule has 1 aliphatic carbocycles. The summed E-state index contributed by atoms with van der Waals surface area (Å²) in [6.07, 6.45) is 4.79. The van der Waals surface area contributed by atoms with E-state index in [-0.39, 0.29) is 18.4 Å². The predicted octanol–water partition coefficient (Wildman–Crippen LogP) is 3.59. The van der Waals surface area contributed by atoms with Crippen LogP contribution in [-0.4, -0.2) is 34.0 Å². The zero-order valence-corrected chi connectivity index (χ0v) is 15.5. The summed E-state index contributed by atoms with van der Waals surface area (Å²) in [5, 5.41) is 6.14. The van der Waals surface area contributed by atoms with Crippen molar-refractivity contribution in [2.75, 3.05) is 12.4 Å². The number of urea groups is 1. The molecule has 3 rings (SSSR count). The topological polar surface area (TPSA) is 93.2 Å². The van der Waals surface area contributed by atoms with Crippen LogP contribution in [0.1, 0.15) is 38.5 Å². The lowest BCUT2D eigenvalue weighted by Crippen LogP contribution is -2.52. The number of anilines is 1. The molecular formula is C18H22N4O3S. The molecule has 138 valence electrons. The van der Waals surface area contributed by atoms with Gasteiger partial charge in [0, 0.05) is 17.1 Å². The smallest absolute Gasteiger partial charge is 0.321 e. The third-order valence-corrected chi connectivity index (χ3v) is 5.21. The van der Waals surface area contributed by atoms with Gasteiger partial charge < -0.3 is 10.1 Å². The average molecular weight is 374 g/mol. The number of carbonyl (C=O) groups is 2. The number of carbonyl (C=O) groups excluding carboxylic acids is 2. The van der Waals surface area contributed by atoms with Crippen molar-refractivity contribution >= 4 is 28.7 Å². The number of methoxy groups -OCH3 is 1. The second-order valence-electron chi connectivity index (χ2n) is 6.46. The summed E-state index contributed by atoms with van der Waals surface area (Å²) in [6.45, 7) is 0. The molecule has 7 nitrogen and oxygen atoms in total. The molecule has 1 aromatic carbocycles. The van der Waals surface area contributed by atoms with Gasteiger partial charge in [-0.1, -0.05) is 49.6 Å². The largest absolute Gasteiger partial charge is 0.469 e. The summed E-state index contributed by atoms with van der Waals surface area (Å²) in [6, 6.07) is 9.21. The number of nitrogens with zero attached hydrogens (tertiary/aromatic N) is 2. The van der Waals surface area contributed by atoms with Crippen LogP contribution in [0.25, 0.3) is 11.4 Å². The maximum atomic E-state index is 12.5. The van der Waals surface area contributed by atoms with Gasteiger partial charge in [-0.25, -0.2) is 4.79 Å². The normalized spacial score (nSPS) is 15.9. The summed E-state index contributed by atoms with van der Waals surface area (Å²) >= 11 is 1.13. The Bertz CT molecular complexity index is 757. The minimum absolute atomic E-state index is 0.183. The number of benzene rings is 1. The number of rotatable bonds is 5. The molecule has 0 spiro atoms. The highest BCUT2D eigenvalue weighted by Crippen LogP contribution is 2.31. The van der Waals surface area contributed by atoms with Crippen LogP contribution in [0.5, 0.6) is 0 Å². The Morgan fingerprint density at radius 1 is 1.19 bits per heavy atom. The van der Waals surface area contributed by atoms with E-state index in [4.69, 9.17) is 4.74 Å². The van der Waals surface area contributed by atoms with E-state index in [9.17, 15) is 9.59 Å². The van der Waals surface area contributed by atoms with Gasteiger partial charge in [0.1, 0.15) is 0 Å². The molecule has 0 unspecified atom stereocenters. The Labute approximate surface area is 156 Å². The number of amides is 2. The Kier molecular flexibility index (Phi) is 5.82. The standard InChI is InChI=1S/C18H22N4O3S/c1-25-14(23)12-18(10-6-3-7-11-18)21-16(24)20-17-19-15(22-26-17)13-8-4-2-5-9-13/h2,4-5,8-9H,3,6-7,10-12H2,1H3,(H2,19,20,21,22,24). The molecule has 8 heteroatoms. The lowest BCUT2D eigenvalue weighted by Gasteiger charge is -2.37. The Morgan fingerprint density at radius 2 is 1.92 bits per heavy atom. The van der Waals surface area contributed by atoms with Crippen molar-refractivity contribution in [3.63, 3.8) is 0 Å². The number of hydrogen-bond donors (Lipinski definition) is 2. The SMILES string of the molecule is COC(=O)CC1(NC(=O)Nc2nc(-c3ccccc3)ns2)CCCCC1. The van der Waals surface area contributed by atoms with E-state index in [1.165, 1.54) is 7.11 Å². The molecule has 0 radical (unpaired) electrons. The summed E-state index contributed by atoms with van der Waals surface area (Å²) in [5.41, 5.74) is 0.342. The van der Waals surface area contributed by atoms with Crippen molar-refractivity contribution in [3.05, 3.63) is 30.3 Å². The molecule has 1 aliphatic rings. The van der Waals surface area contributed by atoms with Crippen LogP contribution in [-0.2, 0) is 9.53 Å². The number of esters is 1. The monoisotopic (exact) mass is 374 g/mol. The van der Waals surface area contributed by atoms with E-state index in [1.807, 2.05) is 30.3 Å². The second kappa shape index (κ2) is 8.27. The summed E-state index contributed by atoms with van der Waals surface area (Å²) in [5.74, 6) is 0.266. The van der Waals surface area contributed by atoms with Crippen LogP contribution in [0.4, 0.5) is 9.93 Å². The fourth-order valence-electron chi connectivity index (χ4n) is 3.27. The van der Waals surface area contributed by atoms with Crippen LogP contribution in [0.3, 0.4) is 0 Å². The maximum Gasteiger partial charge on any atom is 0.321 e. The van der Waals surface area contributed by atoms with E-state index in [0.717, 1.165) is 49.2 Å². The first-order valence-corrected chi connectivity index (χ1v) is 9.43. The highest BCUT2D eigenvalue weighted by Gasteiger charge is 2.36. The fourth-order valence-corrected chi connectivity index (χ4v) is 3.86. The van der Waals surface area contributed by atoms with Gasteiger partial charge in [0.2, 0.25) is 5.13 Å². The first-order chi connectivity index (χ1) is 12.6. The molecule has 26 heavy (non-hydrogen) atoms. The molecule has 0 saturated heterocycles. The van der Waals surface area contributed by atoms with Crippen molar-refractivity contribution in [3.8, 4) is 11.4 Å². The van der Waals surface area contributed by atoms with Gasteiger partial charge in [-0.05, 0) is 12.8 Å². The van der Waals surface area contributed by atoms with Gasteiger partial charge in [0.25, 0.3) is 0 Å². The zero-order chi connectivity index (χ0) is 18.4. The molecule has 2 N–H and O–H groups in total. The van der Waals surface area contributed by atoms with Crippen molar-refractivity contribution in [2.45, 2.75) is 44.1 Å². The lowest BCUT2D eigenvalue weighted by atomic mass is 9.79. The molecule has 0 aliphatic heterocycles. The van der Waals surface area contributed by atoms with Gasteiger partial charge >= 0.3 is 12.0 Å². The number of ether oxygens (including phenoxy) is 1. The molecule has 2 amide bonds. The summed E-state index contributed by atoms with van der Waals surface area (Å²) in [4.78, 5) is 28.6. The molecule has 1 aromatic heterocycles. The van der Waals surface area contributed by atoms with Crippen molar-refractivity contribution in [1.29, 1.82) is 0 Å². The molecule has 1 heterocycles. The van der Waals surface area contributed by atoms with Crippen molar-refractivity contribution < 1.29 is 14.3 Å². The van der Waals surface area contributed by atoms with Gasteiger partial charge in [0.15, 0.2) is 5.82 Å². The van der Waals surface area contributed by atoms with Crippen LogP contribution < -0.4 is 10.6 Å². The van der Waals surface area contributed by atoms with E-state index >= 15 is 0 Å². The average Bonchev–Trinajstić information content (AvgIpc) is 3.11. The second-order valence-corrected chi connectivity index (χ2v) is 7.21. The quantitative estimate of drug-likeness (QED) is 0.780. The minimum Gasteiger partial charge on any atom is -0.469 e. The molecular weight excluding hydrogens is 352 g/mol. The van der Waals surface area contributed by atoms with Gasteiger partial charge in [-0.2, -0.15) is 9.36 Å². The molecule has 2 aromatic rings. The zero-order valence-electron chi connectivity index (χ0n) is 14.7. The van der Waals surface area contributed by atoms with Crippen LogP contribution in [0.2, 0.25) is 0 Å². The van der Waals surface area contributed by atoms with E-state index in [2.05, 4.69) is 20.0 Å². The molecule has 0 bridgehead atoms. The van der Waals surface area contributed by atoms with Gasteiger partial charge in [0.05, 0.1) is 19.1 Å². The number of hydrogen-bond acceptors (Lipinski definition) is 6. The fraction of sp³-hybridized carbons (Fsp3) is 0.444. The highest BCUT2D eigenvalue weighted by atomic mass is 32.1. The van der Waals surface area contributed by atoms with Crippen molar-refractivity contribution in [2.24, 2.45) is 0 Å². The first-order valence-electron chi connectivity index (χ1n) is 8.65. The van der Waals surface area contributed by atoms with Crippen LogP contribution in [0, 0.1) is 0 Å². The Hall–Kier alpha value is -2.48. The van der Waals surface area contributed by atoms with E-state index in [0.29, 0.717) is 11.0 Å². The maximum absolute atomic E-state index is 12.5. The molecule has 0 atom stereocenters. The summed E-state index contributed by atoms with van der Waals surface area (Å²) in [7, 11) is 1.37. The predicted molar refractivity (Wildman–Crippen MR) is 99.9 cm³/mol. The number of nitrogens with one attached hydrogen (secondary N) is 2. The van der Waals surface area contributed by atoms with Gasteiger partial charge in [-0.15, -0.1) is 0 Å². The summed E-state index contributed by atoms with van der Waals surface area (Å²) < 4.78 is 9.08. The minimum atomic E-state index is -0.553. The third kappa shape index (κ3) is 4.57. The van der Waals surface area contributed by atoms with Gasteiger partial charge in [-0.3, -0.25) is 10.1 Å².